The number of amides is 2. The predicted molar refractivity (Wildman–Crippen MR) is 117 cm³/mol. The van der Waals surface area contributed by atoms with Crippen LogP contribution in [-0.2, 0) is 19.0 Å². The van der Waals surface area contributed by atoms with E-state index in [9.17, 15) is 9.59 Å². The minimum atomic E-state index is -0.857. The highest BCUT2D eigenvalue weighted by molar-refractivity contribution is 5.86. The third-order valence-corrected chi connectivity index (χ3v) is 6.05. The van der Waals surface area contributed by atoms with Gasteiger partial charge in [-0.2, -0.15) is 0 Å². The zero-order chi connectivity index (χ0) is 22.9. The van der Waals surface area contributed by atoms with Crippen LogP contribution in [0.4, 0.5) is 4.79 Å². The molecule has 9 nitrogen and oxygen atoms in total. The first kappa shape index (κ1) is 22.3. The number of hydrogen-bond acceptors (Lipinski definition) is 6. The highest BCUT2D eigenvalue weighted by atomic mass is 16.7. The van der Waals surface area contributed by atoms with Gasteiger partial charge in [0.25, 0.3) is 0 Å². The number of benzene rings is 1. The maximum absolute atomic E-state index is 13.6. The Kier molecular flexibility index (Phi) is 6.21. The Morgan fingerprint density at radius 2 is 1.94 bits per heavy atom. The number of H-pyrrole nitrogens is 1. The first-order chi connectivity index (χ1) is 15.3. The topological polar surface area (TPSA) is 106 Å². The Hall–Kier alpha value is -2.91. The summed E-state index contributed by atoms with van der Waals surface area (Å²) in [7, 11) is 1.28. The van der Waals surface area contributed by atoms with Crippen molar-refractivity contribution in [3.63, 3.8) is 0 Å². The number of alkyl carbamates (subject to hydrolysis) is 1. The van der Waals surface area contributed by atoms with E-state index in [1.54, 1.807) is 11.1 Å². The van der Waals surface area contributed by atoms with Gasteiger partial charge >= 0.3 is 6.09 Å². The number of carbonyl (C=O) groups is 2. The maximum atomic E-state index is 13.6. The number of nitrogens with one attached hydrogen (secondary N) is 2. The van der Waals surface area contributed by atoms with Gasteiger partial charge in [-0.05, 0) is 18.4 Å². The number of aromatic nitrogens is 2. The van der Waals surface area contributed by atoms with Crippen molar-refractivity contribution < 1.29 is 23.8 Å². The van der Waals surface area contributed by atoms with Crippen molar-refractivity contribution in [2.75, 3.05) is 26.9 Å². The van der Waals surface area contributed by atoms with Gasteiger partial charge in [0.1, 0.15) is 11.9 Å². The highest BCUT2D eigenvalue weighted by Gasteiger charge is 2.52. The summed E-state index contributed by atoms with van der Waals surface area (Å²) in [6.45, 7) is 7.03. The number of ether oxygens (including phenoxy) is 3. The van der Waals surface area contributed by atoms with Gasteiger partial charge in [-0.1, -0.05) is 43.7 Å². The molecule has 2 fully saturated rings. The van der Waals surface area contributed by atoms with Gasteiger partial charge in [-0.3, -0.25) is 4.79 Å². The zero-order valence-electron chi connectivity index (χ0n) is 18.9. The number of carbonyl (C=O) groups excluding carboxylic acids is 2. The summed E-state index contributed by atoms with van der Waals surface area (Å²) in [5.41, 5.74) is 3.06. The van der Waals surface area contributed by atoms with Gasteiger partial charge < -0.3 is 29.4 Å². The van der Waals surface area contributed by atoms with Crippen LogP contribution in [-0.4, -0.2) is 65.6 Å². The molecular formula is C23H30N4O5. The molecule has 1 spiro atoms. The van der Waals surface area contributed by atoms with Crippen LogP contribution in [0.15, 0.2) is 30.5 Å². The lowest BCUT2D eigenvalue weighted by atomic mass is 10.0. The van der Waals surface area contributed by atoms with Gasteiger partial charge in [-0.25, -0.2) is 9.78 Å². The van der Waals surface area contributed by atoms with E-state index in [2.05, 4.69) is 15.3 Å². The summed E-state index contributed by atoms with van der Waals surface area (Å²) >= 11 is 0. The first-order valence-electron chi connectivity index (χ1n) is 10.9. The standard InChI is InChI=1S/C23H30N4O5/c1-14(2)19(26-22(29)30-4)21(28)27-13-23(31-9-10-32-23)11-18(27)20-24-12-17(25-20)16-7-5-15(3)6-8-16/h5-8,12,14,18-19H,9-11,13H2,1-4H3,(H,24,25)(H,26,29). The van der Waals surface area contributed by atoms with E-state index in [0.717, 1.165) is 11.3 Å². The molecule has 4 rings (SSSR count). The molecule has 0 aliphatic carbocycles. The van der Waals surface area contributed by atoms with E-state index in [-0.39, 0.29) is 24.4 Å². The zero-order valence-corrected chi connectivity index (χ0v) is 18.9. The van der Waals surface area contributed by atoms with E-state index in [4.69, 9.17) is 14.2 Å². The van der Waals surface area contributed by atoms with Crippen LogP contribution < -0.4 is 5.32 Å². The van der Waals surface area contributed by atoms with Crippen molar-refractivity contribution in [2.45, 2.75) is 45.1 Å². The third kappa shape index (κ3) is 4.35. The second-order valence-electron chi connectivity index (χ2n) is 8.70. The lowest BCUT2D eigenvalue weighted by Crippen LogP contribution is -2.52. The van der Waals surface area contributed by atoms with Crippen LogP contribution >= 0.6 is 0 Å². The molecule has 32 heavy (non-hydrogen) atoms. The van der Waals surface area contributed by atoms with Crippen LogP contribution in [0.2, 0.25) is 0 Å². The van der Waals surface area contributed by atoms with Crippen molar-refractivity contribution >= 4 is 12.0 Å². The van der Waals surface area contributed by atoms with Crippen LogP contribution in [0, 0.1) is 12.8 Å². The highest BCUT2D eigenvalue weighted by Crippen LogP contribution is 2.42. The molecular weight excluding hydrogens is 412 g/mol. The van der Waals surface area contributed by atoms with Gasteiger partial charge in [-0.15, -0.1) is 0 Å². The second kappa shape index (κ2) is 8.91. The number of aryl methyl sites for hydroxylation is 1. The van der Waals surface area contributed by atoms with Gasteiger partial charge in [0.05, 0.1) is 44.8 Å². The quantitative estimate of drug-likeness (QED) is 0.738. The van der Waals surface area contributed by atoms with Gasteiger partial charge in [0.2, 0.25) is 5.91 Å². The smallest absolute Gasteiger partial charge is 0.407 e. The number of methoxy groups -OCH3 is 1. The molecule has 2 N–H and O–H groups in total. The molecule has 1 aromatic carbocycles. The lowest BCUT2D eigenvalue weighted by Gasteiger charge is -2.30. The average molecular weight is 443 g/mol. The third-order valence-electron chi connectivity index (χ3n) is 6.05. The van der Waals surface area contributed by atoms with E-state index < -0.39 is 17.9 Å². The van der Waals surface area contributed by atoms with Crippen LogP contribution in [0.1, 0.15) is 37.7 Å². The molecule has 2 aromatic rings. The summed E-state index contributed by atoms with van der Waals surface area (Å²) < 4.78 is 16.5. The molecule has 2 saturated heterocycles. The first-order valence-corrected chi connectivity index (χ1v) is 10.9. The Morgan fingerprint density at radius 1 is 1.25 bits per heavy atom. The minimum Gasteiger partial charge on any atom is -0.453 e. The number of aromatic amines is 1. The normalized spacial score (nSPS) is 20.7. The van der Waals surface area contributed by atoms with Crippen molar-refractivity contribution in [3.8, 4) is 11.3 Å². The number of imidazole rings is 1. The minimum absolute atomic E-state index is 0.135. The molecule has 9 heteroatoms. The summed E-state index contributed by atoms with van der Waals surface area (Å²) in [4.78, 5) is 35.1. The molecule has 0 radical (unpaired) electrons. The van der Waals surface area contributed by atoms with Crippen molar-refractivity contribution in [2.24, 2.45) is 5.92 Å². The number of likely N-dealkylation sites (tertiary alicyclic amines) is 1. The van der Waals surface area contributed by atoms with E-state index in [0.29, 0.717) is 25.5 Å². The van der Waals surface area contributed by atoms with E-state index in [1.807, 2.05) is 45.0 Å². The fourth-order valence-electron chi connectivity index (χ4n) is 4.28. The molecule has 2 amide bonds. The summed E-state index contributed by atoms with van der Waals surface area (Å²) in [5.74, 6) is -0.557. The summed E-state index contributed by atoms with van der Waals surface area (Å²) in [6.07, 6.45) is 1.59. The molecule has 2 aliphatic rings. The molecule has 2 aliphatic heterocycles. The molecule has 2 atom stereocenters. The Morgan fingerprint density at radius 3 is 2.56 bits per heavy atom. The number of rotatable bonds is 5. The molecule has 172 valence electrons. The molecule has 3 heterocycles. The van der Waals surface area contributed by atoms with Crippen LogP contribution in [0.25, 0.3) is 11.3 Å². The number of nitrogens with zero attached hydrogens (tertiary/aromatic N) is 2. The van der Waals surface area contributed by atoms with E-state index >= 15 is 0 Å². The Labute approximate surface area is 187 Å². The largest absolute Gasteiger partial charge is 0.453 e. The fourth-order valence-corrected chi connectivity index (χ4v) is 4.28. The van der Waals surface area contributed by atoms with Crippen molar-refractivity contribution in [3.05, 3.63) is 41.9 Å². The maximum Gasteiger partial charge on any atom is 0.407 e. The second-order valence-corrected chi connectivity index (χ2v) is 8.70. The molecule has 0 bridgehead atoms. The van der Waals surface area contributed by atoms with Crippen molar-refractivity contribution in [1.29, 1.82) is 0 Å². The van der Waals surface area contributed by atoms with Gasteiger partial charge in [0.15, 0.2) is 5.79 Å². The predicted octanol–water partition coefficient (Wildman–Crippen LogP) is 2.78. The molecule has 2 unspecified atom stereocenters. The molecule has 0 saturated carbocycles. The SMILES string of the molecule is COC(=O)NC(C(=O)N1CC2(CC1c1ncc(-c3ccc(C)cc3)[nH]1)OCCO2)C(C)C. The average Bonchev–Trinajstić information content (AvgIpc) is 3.52. The lowest BCUT2D eigenvalue weighted by molar-refractivity contribution is -0.153. The van der Waals surface area contributed by atoms with Crippen molar-refractivity contribution in [1.82, 2.24) is 20.2 Å². The summed E-state index contributed by atoms with van der Waals surface area (Å²) in [6, 6.07) is 7.03. The van der Waals surface area contributed by atoms with Crippen LogP contribution in [0.3, 0.4) is 0 Å². The monoisotopic (exact) mass is 442 g/mol. The fraction of sp³-hybridized carbons (Fsp3) is 0.522. The number of hydrogen-bond donors (Lipinski definition) is 2. The summed E-state index contributed by atoms with van der Waals surface area (Å²) in [5, 5.41) is 2.67. The van der Waals surface area contributed by atoms with E-state index in [1.165, 1.54) is 12.7 Å². The Bertz CT molecular complexity index is 965. The van der Waals surface area contributed by atoms with Gasteiger partial charge in [0, 0.05) is 6.42 Å². The molecule has 1 aromatic heterocycles. The van der Waals surface area contributed by atoms with Crippen LogP contribution in [0.5, 0.6) is 0 Å². The Balaban J connectivity index is 1.63.